The molecule has 0 aliphatic rings. The maximum absolute atomic E-state index is 12.3. The number of aliphatic hydroxyl groups excluding tert-OH is 1. The van der Waals surface area contributed by atoms with Crippen molar-refractivity contribution in [2.24, 2.45) is 5.41 Å². The number of alkyl halides is 3. The van der Waals surface area contributed by atoms with Crippen LogP contribution in [0.25, 0.3) is 0 Å². The number of halogens is 3. The standard InChI is InChI=1S/C12H17F3N2O2/c1-11(2,8-18)6-16-10(19)9-4-3-5-17(9)7-12(13,14)15/h3-5,18H,6-8H2,1-2H3,(H,16,19). The summed E-state index contributed by atoms with van der Waals surface area (Å²) in [6.45, 7) is 2.33. The predicted octanol–water partition coefficient (Wildman–Crippen LogP) is 1.80. The van der Waals surface area contributed by atoms with Gasteiger partial charge in [-0.2, -0.15) is 13.2 Å². The Balaban J connectivity index is 2.71. The highest BCUT2D eigenvalue weighted by molar-refractivity contribution is 5.92. The average Bonchev–Trinajstić information content (AvgIpc) is 2.71. The van der Waals surface area contributed by atoms with Crippen molar-refractivity contribution in [3.05, 3.63) is 24.0 Å². The van der Waals surface area contributed by atoms with Crippen LogP contribution in [-0.2, 0) is 6.54 Å². The van der Waals surface area contributed by atoms with Crippen LogP contribution in [0.2, 0.25) is 0 Å². The maximum Gasteiger partial charge on any atom is 0.406 e. The number of aromatic nitrogens is 1. The normalized spacial score (nSPS) is 12.5. The zero-order valence-corrected chi connectivity index (χ0v) is 10.8. The number of nitrogens with one attached hydrogen (secondary N) is 1. The minimum absolute atomic E-state index is 0.0499. The Bertz CT molecular complexity index is 438. The second-order valence-corrected chi connectivity index (χ2v) is 5.14. The summed E-state index contributed by atoms with van der Waals surface area (Å²) < 4.78 is 37.8. The van der Waals surface area contributed by atoms with E-state index in [1.54, 1.807) is 13.8 Å². The van der Waals surface area contributed by atoms with E-state index < -0.39 is 24.0 Å². The first-order valence-electron chi connectivity index (χ1n) is 5.75. The van der Waals surface area contributed by atoms with E-state index in [2.05, 4.69) is 5.32 Å². The molecule has 0 aromatic carbocycles. The highest BCUT2D eigenvalue weighted by atomic mass is 19.4. The van der Waals surface area contributed by atoms with Crippen LogP contribution in [-0.4, -0.2) is 34.9 Å². The lowest BCUT2D eigenvalue weighted by Gasteiger charge is -2.22. The number of rotatable bonds is 5. The smallest absolute Gasteiger partial charge is 0.396 e. The first kappa shape index (κ1) is 15.6. The molecule has 0 saturated heterocycles. The van der Waals surface area contributed by atoms with E-state index in [1.807, 2.05) is 0 Å². The highest BCUT2D eigenvalue weighted by Gasteiger charge is 2.29. The number of carbonyl (C=O) groups excluding carboxylic acids is 1. The molecule has 1 rings (SSSR count). The molecule has 0 aliphatic heterocycles. The maximum atomic E-state index is 12.3. The molecular formula is C12H17F3N2O2. The van der Waals surface area contributed by atoms with Crippen LogP contribution in [0.1, 0.15) is 24.3 Å². The first-order valence-corrected chi connectivity index (χ1v) is 5.75. The van der Waals surface area contributed by atoms with Crippen LogP contribution in [0.5, 0.6) is 0 Å². The second kappa shape index (κ2) is 5.64. The fraction of sp³-hybridized carbons (Fsp3) is 0.583. The zero-order chi connectivity index (χ0) is 14.7. The van der Waals surface area contributed by atoms with Crippen molar-refractivity contribution in [3.63, 3.8) is 0 Å². The van der Waals surface area contributed by atoms with Crippen molar-refractivity contribution in [2.75, 3.05) is 13.2 Å². The molecule has 1 aromatic heterocycles. The van der Waals surface area contributed by atoms with Gasteiger partial charge < -0.3 is 15.0 Å². The highest BCUT2D eigenvalue weighted by Crippen LogP contribution is 2.19. The van der Waals surface area contributed by atoms with Crippen molar-refractivity contribution in [1.29, 1.82) is 0 Å². The topological polar surface area (TPSA) is 54.3 Å². The Morgan fingerprint density at radius 2 is 2.05 bits per heavy atom. The number of hydrogen-bond acceptors (Lipinski definition) is 2. The van der Waals surface area contributed by atoms with Crippen LogP contribution < -0.4 is 5.32 Å². The Kier molecular flexibility index (Phi) is 4.62. The van der Waals surface area contributed by atoms with Crippen LogP contribution in [0.4, 0.5) is 13.2 Å². The molecule has 1 amide bonds. The third-order valence-corrected chi connectivity index (χ3v) is 2.57. The summed E-state index contributed by atoms with van der Waals surface area (Å²) in [6, 6.07) is 2.71. The molecule has 0 atom stereocenters. The van der Waals surface area contributed by atoms with Gasteiger partial charge in [-0.3, -0.25) is 4.79 Å². The van der Waals surface area contributed by atoms with Crippen molar-refractivity contribution in [3.8, 4) is 0 Å². The molecular weight excluding hydrogens is 261 g/mol. The Labute approximate surface area is 109 Å². The Morgan fingerprint density at radius 3 is 2.58 bits per heavy atom. The van der Waals surface area contributed by atoms with E-state index in [-0.39, 0.29) is 18.8 Å². The van der Waals surface area contributed by atoms with Crippen molar-refractivity contribution in [1.82, 2.24) is 9.88 Å². The van der Waals surface area contributed by atoms with Gasteiger partial charge in [0.2, 0.25) is 0 Å². The average molecular weight is 278 g/mol. The number of aliphatic hydroxyl groups is 1. The summed E-state index contributed by atoms with van der Waals surface area (Å²) in [5, 5.41) is 11.6. The van der Waals surface area contributed by atoms with Crippen molar-refractivity contribution >= 4 is 5.91 Å². The van der Waals surface area contributed by atoms with E-state index in [4.69, 9.17) is 5.11 Å². The SMILES string of the molecule is CC(C)(CO)CNC(=O)c1cccn1CC(F)(F)F. The summed E-state index contributed by atoms with van der Waals surface area (Å²) in [6.07, 6.45) is -3.17. The van der Waals surface area contributed by atoms with Crippen LogP contribution >= 0.6 is 0 Å². The zero-order valence-electron chi connectivity index (χ0n) is 10.8. The Morgan fingerprint density at radius 1 is 1.42 bits per heavy atom. The fourth-order valence-electron chi connectivity index (χ4n) is 1.42. The van der Waals surface area contributed by atoms with Gasteiger partial charge in [0, 0.05) is 24.8 Å². The van der Waals surface area contributed by atoms with Gasteiger partial charge in [-0.05, 0) is 12.1 Å². The minimum Gasteiger partial charge on any atom is -0.396 e. The lowest BCUT2D eigenvalue weighted by Crippen LogP contribution is -2.37. The molecule has 0 bridgehead atoms. The molecule has 0 spiro atoms. The van der Waals surface area contributed by atoms with Crippen molar-refractivity contribution < 1.29 is 23.1 Å². The lowest BCUT2D eigenvalue weighted by atomic mass is 9.95. The van der Waals surface area contributed by atoms with Crippen molar-refractivity contribution in [2.45, 2.75) is 26.6 Å². The van der Waals surface area contributed by atoms with Gasteiger partial charge in [0.15, 0.2) is 0 Å². The molecule has 19 heavy (non-hydrogen) atoms. The fourth-order valence-corrected chi connectivity index (χ4v) is 1.42. The minimum atomic E-state index is -4.38. The molecule has 4 nitrogen and oxygen atoms in total. The number of hydrogen-bond donors (Lipinski definition) is 2. The molecule has 1 heterocycles. The van der Waals surface area contributed by atoms with E-state index in [1.165, 1.54) is 18.3 Å². The van der Waals surface area contributed by atoms with Gasteiger partial charge in [-0.1, -0.05) is 13.8 Å². The first-order chi connectivity index (χ1) is 8.64. The molecule has 108 valence electrons. The lowest BCUT2D eigenvalue weighted by molar-refractivity contribution is -0.140. The molecule has 0 radical (unpaired) electrons. The summed E-state index contributed by atoms with van der Waals surface area (Å²) in [5.74, 6) is -0.587. The summed E-state index contributed by atoms with van der Waals surface area (Å²) in [4.78, 5) is 11.8. The number of nitrogens with zero attached hydrogens (tertiary/aromatic N) is 1. The van der Waals surface area contributed by atoms with E-state index >= 15 is 0 Å². The summed E-state index contributed by atoms with van der Waals surface area (Å²) >= 11 is 0. The quantitative estimate of drug-likeness (QED) is 0.863. The van der Waals surface area contributed by atoms with Crippen LogP contribution in [0.3, 0.4) is 0 Å². The van der Waals surface area contributed by atoms with Gasteiger partial charge in [-0.25, -0.2) is 0 Å². The van der Waals surface area contributed by atoms with Gasteiger partial charge in [0.1, 0.15) is 12.2 Å². The summed E-state index contributed by atoms with van der Waals surface area (Å²) in [7, 11) is 0. The third-order valence-electron chi connectivity index (χ3n) is 2.57. The van der Waals surface area contributed by atoms with Crippen LogP contribution in [0.15, 0.2) is 18.3 Å². The molecule has 0 unspecified atom stereocenters. The van der Waals surface area contributed by atoms with E-state index in [0.717, 1.165) is 4.57 Å². The summed E-state index contributed by atoms with van der Waals surface area (Å²) in [5.41, 5.74) is -0.567. The van der Waals surface area contributed by atoms with Gasteiger partial charge in [0.05, 0.1) is 0 Å². The molecule has 0 aliphatic carbocycles. The predicted molar refractivity (Wildman–Crippen MR) is 63.7 cm³/mol. The third kappa shape index (κ3) is 4.94. The molecule has 0 saturated carbocycles. The Hall–Kier alpha value is -1.50. The van der Waals surface area contributed by atoms with Gasteiger partial charge in [-0.15, -0.1) is 0 Å². The number of carbonyl (C=O) groups is 1. The number of amides is 1. The van der Waals surface area contributed by atoms with Crippen LogP contribution in [0, 0.1) is 5.41 Å². The van der Waals surface area contributed by atoms with Gasteiger partial charge >= 0.3 is 6.18 Å². The monoisotopic (exact) mass is 278 g/mol. The molecule has 1 aromatic rings. The van der Waals surface area contributed by atoms with E-state index in [9.17, 15) is 18.0 Å². The molecule has 7 heteroatoms. The van der Waals surface area contributed by atoms with E-state index in [0.29, 0.717) is 0 Å². The molecule has 2 N–H and O–H groups in total. The second-order valence-electron chi connectivity index (χ2n) is 5.14. The largest absolute Gasteiger partial charge is 0.406 e. The molecule has 0 fully saturated rings. The van der Waals surface area contributed by atoms with Gasteiger partial charge in [0.25, 0.3) is 5.91 Å².